The van der Waals surface area contributed by atoms with E-state index in [4.69, 9.17) is 25.5 Å². The molecule has 0 aliphatic carbocycles. The molecule has 0 unspecified atom stereocenters. The molecule has 0 radical (unpaired) electrons. The minimum atomic E-state index is -0.241. The Morgan fingerprint density at radius 2 is 1.80 bits per heavy atom. The van der Waals surface area contributed by atoms with E-state index in [2.05, 4.69) is 5.32 Å². The van der Waals surface area contributed by atoms with Crippen molar-refractivity contribution in [3.05, 3.63) is 83.1 Å². The Kier molecular flexibility index (Phi) is 7.47. The van der Waals surface area contributed by atoms with E-state index in [0.29, 0.717) is 35.3 Å². The molecule has 1 N–H and O–H groups in total. The van der Waals surface area contributed by atoms with Gasteiger partial charge in [0.1, 0.15) is 17.1 Å². The van der Waals surface area contributed by atoms with Crippen molar-refractivity contribution in [2.24, 2.45) is 0 Å². The van der Waals surface area contributed by atoms with E-state index in [1.807, 2.05) is 76.2 Å². The monoisotopic (exact) mass is 489 g/mol. The lowest BCUT2D eigenvalue weighted by Crippen LogP contribution is -2.10. The van der Waals surface area contributed by atoms with Crippen LogP contribution in [0.25, 0.3) is 27.7 Å². The van der Waals surface area contributed by atoms with Crippen LogP contribution in [0, 0.1) is 6.92 Å². The van der Waals surface area contributed by atoms with Crippen LogP contribution in [-0.2, 0) is 4.79 Å². The third kappa shape index (κ3) is 5.36. The Labute approximate surface area is 210 Å². The van der Waals surface area contributed by atoms with Crippen LogP contribution in [0.3, 0.4) is 0 Å². The van der Waals surface area contributed by atoms with Gasteiger partial charge in [-0.3, -0.25) is 4.79 Å². The predicted octanol–water partition coefficient (Wildman–Crippen LogP) is 7.90. The summed E-state index contributed by atoms with van der Waals surface area (Å²) in [4.78, 5) is 12.8. The first-order chi connectivity index (χ1) is 16.9. The van der Waals surface area contributed by atoms with Crippen LogP contribution in [-0.4, -0.2) is 19.1 Å². The van der Waals surface area contributed by atoms with Gasteiger partial charge in [-0.15, -0.1) is 0 Å². The van der Waals surface area contributed by atoms with Gasteiger partial charge in [-0.25, -0.2) is 0 Å². The number of rotatable bonds is 8. The average Bonchev–Trinajstić information content (AvgIpc) is 3.25. The summed E-state index contributed by atoms with van der Waals surface area (Å²) in [5.41, 5.74) is 5.78. The number of hydrogen-bond donors (Lipinski definition) is 1. The highest BCUT2D eigenvalue weighted by atomic mass is 35.5. The molecular weight excluding hydrogens is 462 g/mol. The van der Waals surface area contributed by atoms with Gasteiger partial charge in [0.15, 0.2) is 0 Å². The minimum absolute atomic E-state index is 0.241. The molecule has 1 heterocycles. The molecule has 3 aromatic carbocycles. The Bertz CT molecular complexity index is 1390. The molecule has 6 heteroatoms. The zero-order chi connectivity index (χ0) is 24.9. The molecule has 180 valence electrons. The summed E-state index contributed by atoms with van der Waals surface area (Å²) >= 11 is 6.19. The normalized spacial score (nSPS) is 11.5. The van der Waals surface area contributed by atoms with E-state index in [1.165, 1.54) is 0 Å². The van der Waals surface area contributed by atoms with Crippen LogP contribution in [0.4, 0.5) is 5.69 Å². The molecule has 0 spiro atoms. The molecule has 0 atom stereocenters. The number of halogens is 1. The smallest absolute Gasteiger partial charge is 0.248 e. The fraction of sp³-hybridized carbons (Fsp3) is 0.207. The maximum absolute atomic E-state index is 12.8. The first-order valence-electron chi connectivity index (χ1n) is 11.6. The highest BCUT2D eigenvalue weighted by Crippen LogP contribution is 2.38. The zero-order valence-electron chi connectivity index (χ0n) is 20.3. The van der Waals surface area contributed by atoms with Gasteiger partial charge in [-0.2, -0.15) is 0 Å². The summed E-state index contributed by atoms with van der Waals surface area (Å²) < 4.78 is 17.3. The summed E-state index contributed by atoms with van der Waals surface area (Å²) in [5.74, 6) is 1.24. The number of nitrogens with one attached hydrogen (secondary N) is 1. The number of fused-ring (bicyclic) bond motifs is 1. The number of allylic oxidation sites excluding steroid dienone is 1. The van der Waals surface area contributed by atoms with E-state index in [9.17, 15) is 4.79 Å². The second-order valence-electron chi connectivity index (χ2n) is 8.11. The first kappa shape index (κ1) is 24.4. The van der Waals surface area contributed by atoms with Crippen LogP contribution in [0.1, 0.15) is 31.9 Å². The van der Waals surface area contributed by atoms with Gasteiger partial charge in [-0.1, -0.05) is 29.8 Å². The summed E-state index contributed by atoms with van der Waals surface area (Å²) in [6.07, 6.45) is 3.31. The molecule has 4 aromatic rings. The molecular formula is C29H28ClNO4. The molecule has 0 bridgehead atoms. The molecule has 1 amide bonds. The van der Waals surface area contributed by atoms with Crippen molar-refractivity contribution in [3.8, 4) is 22.6 Å². The molecule has 0 saturated heterocycles. The number of hydrogen-bond acceptors (Lipinski definition) is 4. The van der Waals surface area contributed by atoms with E-state index < -0.39 is 0 Å². The van der Waals surface area contributed by atoms with Gasteiger partial charge >= 0.3 is 0 Å². The first-order valence-corrected chi connectivity index (χ1v) is 11.9. The fourth-order valence-electron chi connectivity index (χ4n) is 3.95. The highest BCUT2D eigenvalue weighted by molar-refractivity contribution is 6.31. The van der Waals surface area contributed by atoms with E-state index in [1.54, 1.807) is 18.4 Å². The average molecular weight is 490 g/mol. The van der Waals surface area contributed by atoms with Crippen molar-refractivity contribution in [3.63, 3.8) is 0 Å². The topological polar surface area (TPSA) is 60.7 Å². The molecule has 35 heavy (non-hydrogen) atoms. The Hall–Kier alpha value is -3.70. The maximum atomic E-state index is 12.8. The number of anilines is 1. The number of carbonyl (C=O) groups excluding carboxylic acids is 1. The lowest BCUT2D eigenvalue weighted by molar-refractivity contribution is -0.111. The van der Waals surface area contributed by atoms with Crippen molar-refractivity contribution in [2.45, 2.75) is 27.7 Å². The molecule has 0 aliphatic heterocycles. The van der Waals surface area contributed by atoms with E-state index in [0.717, 1.165) is 39.0 Å². The van der Waals surface area contributed by atoms with Crippen LogP contribution in [0.2, 0.25) is 5.02 Å². The summed E-state index contributed by atoms with van der Waals surface area (Å²) in [6.45, 7) is 8.76. The molecule has 0 saturated carbocycles. The number of carbonyl (C=O) groups is 1. The third-order valence-electron chi connectivity index (χ3n) is 5.75. The predicted molar refractivity (Wildman–Crippen MR) is 142 cm³/mol. The van der Waals surface area contributed by atoms with Crippen molar-refractivity contribution < 1.29 is 18.7 Å². The van der Waals surface area contributed by atoms with Gasteiger partial charge in [0.25, 0.3) is 0 Å². The highest BCUT2D eigenvalue weighted by Gasteiger charge is 2.16. The molecule has 1 aromatic heterocycles. The van der Waals surface area contributed by atoms with Gasteiger partial charge in [0.05, 0.1) is 19.5 Å². The van der Waals surface area contributed by atoms with Crippen molar-refractivity contribution in [1.29, 1.82) is 0 Å². The molecule has 0 aliphatic rings. The number of amides is 1. The summed E-state index contributed by atoms with van der Waals surface area (Å²) in [5, 5.41) is 4.46. The standard InChI is InChI=1S/C29H28ClNO4/c1-5-33-21-12-10-20(11-13-21)24-17-35-28-16-27(34-6-2)22(15-23(24)28)18(3)14-29(32)31-26-9-7-8-25(30)19(26)4/h7-17H,5-6H2,1-4H3,(H,31,32)/b18-14+. The van der Waals surface area contributed by atoms with Crippen LogP contribution >= 0.6 is 11.6 Å². The molecule has 4 rings (SSSR count). The van der Waals surface area contributed by atoms with Crippen LogP contribution < -0.4 is 14.8 Å². The van der Waals surface area contributed by atoms with Gasteiger partial charge in [-0.05, 0) is 74.7 Å². The largest absolute Gasteiger partial charge is 0.494 e. The quantitative estimate of drug-likeness (QED) is 0.255. The Balaban J connectivity index is 1.70. The lowest BCUT2D eigenvalue weighted by atomic mass is 9.99. The number of furan rings is 1. The lowest BCUT2D eigenvalue weighted by Gasteiger charge is -2.12. The fourth-order valence-corrected chi connectivity index (χ4v) is 4.12. The Morgan fingerprint density at radius 3 is 2.51 bits per heavy atom. The van der Waals surface area contributed by atoms with Crippen molar-refractivity contribution in [1.82, 2.24) is 0 Å². The van der Waals surface area contributed by atoms with Crippen molar-refractivity contribution >= 4 is 39.7 Å². The molecule has 0 fully saturated rings. The van der Waals surface area contributed by atoms with E-state index in [-0.39, 0.29) is 5.91 Å². The van der Waals surface area contributed by atoms with Crippen LogP contribution in [0.15, 0.2) is 71.4 Å². The van der Waals surface area contributed by atoms with Gasteiger partial charge in [0, 0.05) is 39.4 Å². The molecule has 5 nitrogen and oxygen atoms in total. The SMILES string of the molecule is CCOc1ccc(-c2coc3cc(OCC)c(/C(C)=C/C(=O)Nc4cccc(Cl)c4C)cc23)cc1. The second kappa shape index (κ2) is 10.7. The number of benzene rings is 3. The summed E-state index contributed by atoms with van der Waals surface area (Å²) in [6, 6.07) is 17.2. The van der Waals surface area contributed by atoms with Gasteiger partial charge in [0.2, 0.25) is 5.91 Å². The maximum Gasteiger partial charge on any atom is 0.248 e. The third-order valence-corrected chi connectivity index (χ3v) is 6.16. The minimum Gasteiger partial charge on any atom is -0.494 e. The Morgan fingerprint density at radius 1 is 1.06 bits per heavy atom. The van der Waals surface area contributed by atoms with Crippen molar-refractivity contribution in [2.75, 3.05) is 18.5 Å². The zero-order valence-corrected chi connectivity index (χ0v) is 21.0. The van der Waals surface area contributed by atoms with E-state index >= 15 is 0 Å². The number of ether oxygens (including phenoxy) is 2. The second-order valence-corrected chi connectivity index (χ2v) is 8.52. The van der Waals surface area contributed by atoms with Gasteiger partial charge < -0.3 is 19.2 Å². The van der Waals surface area contributed by atoms with Crippen LogP contribution in [0.5, 0.6) is 11.5 Å². The summed E-state index contributed by atoms with van der Waals surface area (Å²) in [7, 11) is 0.